The summed E-state index contributed by atoms with van der Waals surface area (Å²) < 4.78 is 1.58. The number of halogens is 3. The molecule has 0 saturated carbocycles. The Labute approximate surface area is 216 Å². The number of nitrogens with one attached hydrogen (secondary N) is 1. The quantitative estimate of drug-likeness (QED) is 0.211. The second kappa shape index (κ2) is 10.4. The molecule has 1 N–H and O–H groups in total. The van der Waals surface area contributed by atoms with Crippen LogP contribution < -0.4 is 10.9 Å². The third-order valence-electron chi connectivity index (χ3n) is 5.15. The van der Waals surface area contributed by atoms with Crippen LogP contribution in [0.15, 0.2) is 70.6 Å². The number of para-hydroxylation sites is 2. The Morgan fingerprint density at radius 1 is 1.03 bits per heavy atom. The number of hydrogen-bond acceptors (Lipinski definition) is 4. The van der Waals surface area contributed by atoms with Gasteiger partial charge in [0.2, 0.25) is 5.91 Å². The molecule has 9 heteroatoms. The molecule has 0 radical (unpaired) electrons. The summed E-state index contributed by atoms with van der Waals surface area (Å²) in [4.78, 5) is 31.0. The Morgan fingerprint density at radius 2 is 1.68 bits per heavy atom. The van der Waals surface area contributed by atoms with Crippen molar-refractivity contribution in [2.75, 3.05) is 11.1 Å². The molecule has 0 aliphatic rings. The number of amides is 1. The van der Waals surface area contributed by atoms with E-state index in [1.165, 1.54) is 12.1 Å². The predicted molar refractivity (Wildman–Crippen MR) is 142 cm³/mol. The minimum Gasteiger partial charge on any atom is -0.323 e. The number of nitrogens with zero attached hydrogens (tertiary/aromatic N) is 2. The molecule has 0 aliphatic heterocycles. The minimum atomic E-state index is -0.345. The van der Waals surface area contributed by atoms with Gasteiger partial charge in [-0.15, -0.1) is 0 Å². The van der Waals surface area contributed by atoms with E-state index >= 15 is 0 Å². The van der Waals surface area contributed by atoms with Crippen LogP contribution in [0, 0.1) is 0 Å². The average molecular weight is 533 g/mol. The van der Waals surface area contributed by atoms with E-state index in [1.54, 1.807) is 16.7 Å². The van der Waals surface area contributed by atoms with E-state index in [4.69, 9.17) is 39.8 Å². The summed E-state index contributed by atoms with van der Waals surface area (Å²) in [5.74, 6) is -0.170. The standard InChI is InChI=1S/C25H20Cl3N3O2S/c1-14(2)16-7-4-6-10-21(16)31-24(33)17-8-3-5-9-20(17)29-25(31)34-13-22(32)30-23-18(27)11-15(26)12-19(23)28/h3-12,14H,13H2,1-2H3,(H,30,32). The number of anilines is 1. The van der Waals surface area contributed by atoms with E-state index < -0.39 is 0 Å². The molecule has 1 amide bonds. The van der Waals surface area contributed by atoms with E-state index in [9.17, 15) is 9.59 Å². The van der Waals surface area contributed by atoms with E-state index in [-0.39, 0.29) is 38.9 Å². The van der Waals surface area contributed by atoms with Crippen molar-refractivity contribution < 1.29 is 4.79 Å². The summed E-state index contributed by atoms with van der Waals surface area (Å²) in [6.07, 6.45) is 0. The molecule has 0 fully saturated rings. The van der Waals surface area contributed by atoms with Crippen molar-refractivity contribution >= 4 is 69.1 Å². The second-order valence-electron chi connectivity index (χ2n) is 7.85. The molecule has 0 saturated heterocycles. The number of aromatic nitrogens is 2. The molecule has 0 spiro atoms. The zero-order chi connectivity index (χ0) is 24.4. The molecule has 1 aromatic heterocycles. The number of carbonyl (C=O) groups excluding carboxylic acids is 1. The number of benzene rings is 3. The van der Waals surface area contributed by atoms with Crippen LogP contribution in [0.3, 0.4) is 0 Å². The van der Waals surface area contributed by atoms with Crippen LogP contribution in [0.1, 0.15) is 25.3 Å². The van der Waals surface area contributed by atoms with Gasteiger partial charge in [-0.3, -0.25) is 14.2 Å². The van der Waals surface area contributed by atoms with Gasteiger partial charge in [0, 0.05) is 5.02 Å². The highest BCUT2D eigenvalue weighted by Crippen LogP contribution is 2.34. The fraction of sp³-hybridized carbons (Fsp3) is 0.160. The molecule has 4 aromatic rings. The van der Waals surface area contributed by atoms with Crippen LogP contribution in [-0.2, 0) is 4.79 Å². The zero-order valence-electron chi connectivity index (χ0n) is 18.3. The normalized spacial score (nSPS) is 11.2. The summed E-state index contributed by atoms with van der Waals surface area (Å²) >= 11 is 19.5. The summed E-state index contributed by atoms with van der Waals surface area (Å²) in [6, 6.07) is 17.9. The number of fused-ring (bicyclic) bond motifs is 1. The first kappa shape index (κ1) is 24.6. The Hall–Kier alpha value is -2.51. The lowest BCUT2D eigenvalue weighted by molar-refractivity contribution is -0.113. The van der Waals surface area contributed by atoms with Crippen LogP contribution in [0.4, 0.5) is 5.69 Å². The monoisotopic (exact) mass is 531 g/mol. The van der Waals surface area contributed by atoms with Gasteiger partial charge in [-0.05, 0) is 41.8 Å². The van der Waals surface area contributed by atoms with Crippen molar-refractivity contribution in [1.29, 1.82) is 0 Å². The van der Waals surface area contributed by atoms with Crippen LogP contribution >= 0.6 is 46.6 Å². The molecule has 5 nitrogen and oxygen atoms in total. The number of thioether (sulfide) groups is 1. The minimum absolute atomic E-state index is 0.0100. The molecular weight excluding hydrogens is 513 g/mol. The number of hydrogen-bond donors (Lipinski definition) is 1. The molecule has 4 rings (SSSR count). The molecule has 1 heterocycles. The van der Waals surface area contributed by atoms with E-state index in [0.29, 0.717) is 21.1 Å². The third kappa shape index (κ3) is 5.10. The smallest absolute Gasteiger partial charge is 0.266 e. The van der Waals surface area contributed by atoms with Crippen LogP contribution in [0.25, 0.3) is 16.6 Å². The van der Waals surface area contributed by atoms with Crippen molar-refractivity contribution in [2.24, 2.45) is 0 Å². The van der Waals surface area contributed by atoms with Gasteiger partial charge >= 0.3 is 0 Å². The maximum absolute atomic E-state index is 13.5. The molecule has 0 atom stereocenters. The van der Waals surface area contributed by atoms with Crippen molar-refractivity contribution in [3.63, 3.8) is 0 Å². The van der Waals surface area contributed by atoms with E-state index in [0.717, 1.165) is 23.0 Å². The lowest BCUT2D eigenvalue weighted by Crippen LogP contribution is -2.24. The Kier molecular flexibility index (Phi) is 7.53. The maximum Gasteiger partial charge on any atom is 0.266 e. The van der Waals surface area contributed by atoms with Gasteiger partial charge in [0.1, 0.15) is 0 Å². The number of rotatable bonds is 6. The first-order valence-electron chi connectivity index (χ1n) is 10.4. The Balaban J connectivity index is 1.72. The summed E-state index contributed by atoms with van der Waals surface area (Å²) in [6.45, 7) is 4.14. The van der Waals surface area contributed by atoms with Crippen molar-refractivity contribution in [3.05, 3.63) is 91.6 Å². The average Bonchev–Trinajstić information content (AvgIpc) is 2.80. The third-order valence-corrected chi connectivity index (χ3v) is 6.90. The molecule has 174 valence electrons. The molecular formula is C25H20Cl3N3O2S. The fourth-order valence-corrected chi connectivity index (χ4v) is 5.29. The topological polar surface area (TPSA) is 64.0 Å². The first-order chi connectivity index (χ1) is 16.3. The van der Waals surface area contributed by atoms with E-state index in [1.807, 2.05) is 36.4 Å². The fourth-order valence-electron chi connectivity index (χ4n) is 3.57. The van der Waals surface area contributed by atoms with Gasteiger partial charge in [0.25, 0.3) is 5.56 Å². The van der Waals surface area contributed by atoms with E-state index in [2.05, 4.69) is 19.2 Å². The van der Waals surface area contributed by atoms with Crippen molar-refractivity contribution in [3.8, 4) is 5.69 Å². The van der Waals surface area contributed by atoms with Gasteiger partial charge in [-0.1, -0.05) is 90.7 Å². The van der Waals surface area contributed by atoms with Crippen LogP contribution in [0.2, 0.25) is 15.1 Å². The largest absolute Gasteiger partial charge is 0.323 e. The lowest BCUT2D eigenvalue weighted by Gasteiger charge is -2.18. The molecule has 0 bridgehead atoms. The summed E-state index contributed by atoms with van der Waals surface area (Å²) in [7, 11) is 0. The molecule has 0 unspecified atom stereocenters. The van der Waals surface area contributed by atoms with Gasteiger partial charge in [-0.25, -0.2) is 4.98 Å². The van der Waals surface area contributed by atoms with Crippen LogP contribution in [0.5, 0.6) is 0 Å². The highest BCUT2D eigenvalue weighted by atomic mass is 35.5. The Morgan fingerprint density at radius 3 is 2.38 bits per heavy atom. The summed E-state index contributed by atoms with van der Waals surface area (Å²) in [5, 5.41) is 4.49. The van der Waals surface area contributed by atoms with Crippen molar-refractivity contribution in [2.45, 2.75) is 24.9 Å². The van der Waals surface area contributed by atoms with Gasteiger partial charge in [0.15, 0.2) is 5.16 Å². The van der Waals surface area contributed by atoms with Gasteiger partial charge < -0.3 is 5.32 Å². The van der Waals surface area contributed by atoms with Gasteiger partial charge in [-0.2, -0.15) is 0 Å². The SMILES string of the molecule is CC(C)c1ccccc1-n1c(SCC(=O)Nc2c(Cl)cc(Cl)cc2Cl)nc2ccccc2c1=O. The Bertz CT molecular complexity index is 1430. The highest BCUT2D eigenvalue weighted by molar-refractivity contribution is 7.99. The molecule has 0 aliphatic carbocycles. The highest BCUT2D eigenvalue weighted by Gasteiger charge is 2.19. The first-order valence-corrected chi connectivity index (χ1v) is 12.6. The molecule has 34 heavy (non-hydrogen) atoms. The second-order valence-corrected chi connectivity index (χ2v) is 10.0. The number of carbonyl (C=O) groups is 1. The molecule has 3 aromatic carbocycles. The zero-order valence-corrected chi connectivity index (χ0v) is 21.4. The predicted octanol–water partition coefficient (Wildman–Crippen LogP) is 7.20. The van der Waals surface area contributed by atoms with Gasteiger partial charge in [0.05, 0.1) is 38.1 Å². The summed E-state index contributed by atoms with van der Waals surface area (Å²) in [5.41, 5.74) is 2.41. The van der Waals surface area contributed by atoms with Crippen molar-refractivity contribution in [1.82, 2.24) is 9.55 Å². The lowest BCUT2D eigenvalue weighted by atomic mass is 10.0. The maximum atomic E-state index is 13.5. The van der Waals surface area contributed by atoms with Crippen LogP contribution in [-0.4, -0.2) is 21.2 Å².